The molecule has 5 heteroatoms. The highest BCUT2D eigenvalue weighted by atomic mass is 32.1. The van der Waals surface area contributed by atoms with Crippen molar-refractivity contribution in [2.75, 3.05) is 13.1 Å². The van der Waals surface area contributed by atoms with E-state index in [0.717, 1.165) is 23.8 Å². The third kappa shape index (κ3) is 1.84. The van der Waals surface area contributed by atoms with Crippen molar-refractivity contribution < 1.29 is 4.79 Å². The Morgan fingerprint density at radius 3 is 2.72 bits per heavy atom. The first-order valence-electron chi connectivity index (χ1n) is 6.00. The Hall–Kier alpha value is -1.62. The summed E-state index contributed by atoms with van der Waals surface area (Å²) in [6.45, 7) is 5.59. The Morgan fingerprint density at radius 1 is 1.39 bits per heavy atom. The highest BCUT2D eigenvalue weighted by Gasteiger charge is 2.33. The number of nitrogens with zero attached hydrogens (tertiary/aromatic N) is 3. The third-order valence-electron chi connectivity index (χ3n) is 3.36. The highest BCUT2D eigenvalue weighted by Crippen LogP contribution is 2.26. The monoisotopic (exact) mass is 261 g/mol. The van der Waals surface area contributed by atoms with Gasteiger partial charge in [0.2, 0.25) is 0 Å². The van der Waals surface area contributed by atoms with Crippen molar-refractivity contribution in [3.63, 3.8) is 0 Å². The van der Waals surface area contributed by atoms with Gasteiger partial charge < -0.3 is 9.47 Å². The number of hydrogen-bond acceptors (Lipinski definition) is 3. The highest BCUT2D eigenvalue weighted by molar-refractivity contribution is 7.13. The van der Waals surface area contributed by atoms with Crippen molar-refractivity contribution >= 4 is 17.2 Å². The van der Waals surface area contributed by atoms with E-state index in [1.54, 1.807) is 11.3 Å². The standard InChI is InChI=1S/C13H15N3OS/c1-9-3-4-12(18-9)13(17)15-7-11(8-15)16-6-5-14-10(16)2/h3-6,11H,7-8H2,1-2H3. The van der Waals surface area contributed by atoms with E-state index in [0.29, 0.717) is 6.04 Å². The molecule has 2 aromatic heterocycles. The molecule has 0 radical (unpaired) electrons. The molecule has 1 aliphatic heterocycles. The lowest BCUT2D eigenvalue weighted by molar-refractivity contribution is 0.0522. The van der Waals surface area contributed by atoms with Crippen LogP contribution in [0.2, 0.25) is 0 Å². The van der Waals surface area contributed by atoms with E-state index in [1.165, 1.54) is 4.88 Å². The van der Waals surface area contributed by atoms with E-state index in [4.69, 9.17) is 0 Å². The second kappa shape index (κ2) is 4.24. The summed E-state index contributed by atoms with van der Waals surface area (Å²) >= 11 is 1.56. The quantitative estimate of drug-likeness (QED) is 0.831. The topological polar surface area (TPSA) is 38.1 Å². The van der Waals surface area contributed by atoms with Crippen molar-refractivity contribution in [2.24, 2.45) is 0 Å². The molecule has 0 saturated carbocycles. The maximum atomic E-state index is 12.2. The maximum Gasteiger partial charge on any atom is 0.264 e. The molecular weight excluding hydrogens is 246 g/mol. The fourth-order valence-electron chi connectivity index (χ4n) is 2.28. The molecule has 0 bridgehead atoms. The van der Waals surface area contributed by atoms with Crippen LogP contribution < -0.4 is 0 Å². The Kier molecular flexibility index (Phi) is 2.70. The van der Waals surface area contributed by atoms with Gasteiger partial charge in [0.25, 0.3) is 5.91 Å². The van der Waals surface area contributed by atoms with E-state index in [1.807, 2.05) is 43.3 Å². The largest absolute Gasteiger partial charge is 0.334 e. The first kappa shape index (κ1) is 11.5. The van der Waals surface area contributed by atoms with Gasteiger partial charge in [0.05, 0.1) is 10.9 Å². The van der Waals surface area contributed by atoms with Crippen LogP contribution >= 0.6 is 11.3 Å². The lowest BCUT2D eigenvalue weighted by atomic mass is 10.1. The zero-order valence-electron chi connectivity index (χ0n) is 10.5. The maximum absolute atomic E-state index is 12.2. The van der Waals surface area contributed by atoms with Crippen LogP contribution in [0.3, 0.4) is 0 Å². The molecule has 18 heavy (non-hydrogen) atoms. The summed E-state index contributed by atoms with van der Waals surface area (Å²) in [5.41, 5.74) is 0. The first-order chi connectivity index (χ1) is 8.65. The molecule has 3 rings (SSSR count). The van der Waals surface area contributed by atoms with Crippen LogP contribution in [0.25, 0.3) is 0 Å². The van der Waals surface area contributed by atoms with Crippen LogP contribution in [0.5, 0.6) is 0 Å². The lowest BCUT2D eigenvalue weighted by Crippen LogP contribution is -2.50. The zero-order chi connectivity index (χ0) is 12.7. The summed E-state index contributed by atoms with van der Waals surface area (Å²) in [5, 5.41) is 0. The fourth-order valence-corrected chi connectivity index (χ4v) is 3.11. The summed E-state index contributed by atoms with van der Waals surface area (Å²) < 4.78 is 2.14. The smallest absolute Gasteiger partial charge is 0.264 e. The van der Waals surface area contributed by atoms with Crippen molar-refractivity contribution in [3.8, 4) is 0 Å². The van der Waals surface area contributed by atoms with Crippen molar-refractivity contribution in [1.82, 2.24) is 14.5 Å². The predicted molar refractivity (Wildman–Crippen MR) is 71.0 cm³/mol. The van der Waals surface area contributed by atoms with Gasteiger partial charge in [0, 0.05) is 30.4 Å². The van der Waals surface area contributed by atoms with Crippen LogP contribution in [0.15, 0.2) is 24.5 Å². The molecule has 0 spiro atoms. The molecule has 1 saturated heterocycles. The molecule has 1 amide bonds. The Balaban J connectivity index is 1.66. The lowest BCUT2D eigenvalue weighted by Gasteiger charge is -2.40. The van der Waals surface area contributed by atoms with Gasteiger partial charge >= 0.3 is 0 Å². The van der Waals surface area contributed by atoms with Gasteiger partial charge in [-0.15, -0.1) is 11.3 Å². The molecule has 0 aliphatic carbocycles. The molecule has 4 nitrogen and oxygen atoms in total. The molecule has 2 aromatic rings. The van der Waals surface area contributed by atoms with Crippen molar-refractivity contribution in [3.05, 3.63) is 40.1 Å². The SMILES string of the molecule is Cc1ccc(C(=O)N2CC(n3ccnc3C)C2)s1. The van der Waals surface area contributed by atoms with Crippen molar-refractivity contribution in [2.45, 2.75) is 19.9 Å². The third-order valence-corrected chi connectivity index (χ3v) is 4.35. The minimum atomic E-state index is 0.155. The predicted octanol–water partition coefficient (Wildman–Crippen LogP) is 2.26. The van der Waals surface area contributed by atoms with Crippen LogP contribution in [-0.4, -0.2) is 33.4 Å². The second-order valence-electron chi connectivity index (χ2n) is 4.66. The van der Waals surface area contributed by atoms with Crippen LogP contribution in [0.1, 0.15) is 26.4 Å². The number of carbonyl (C=O) groups excluding carboxylic acids is 1. The molecule has 94 valence electrons. The summed E-state index contributed by atoms with van der Waals surface area (Å²) in [4.78, 5) is 20.3. The summed E-state index contributed by atoms with van der Waals surface area (Å²) in [6.07, 6.45) is 3.79. The molecule has 0 atom stereocenters. The summed E-state index contributed by atoms with van der Waals surface area (Å²) in [7, 11) is 0. The van der Waals surface area contributed by atoms with E-state index in [9.17, 15) is 4.79 Å². The number of imidazole rings is 1. The van der Waals surface area contributed by atoms with E-state index in [2.05, 4.69) is 9.55 Å². The number of aryl methyl sites for hydroxylation is 2. The van der Waals surface area contributed by atoms with Crippen molar-refractivity contribution in [1.29, 1.82) is 0 Å². The fraction of sp³-hybridized carbons (Fsp3) is 0.385. The van der Waals surface area contributed by atoms with Crippen LogP contribution in [0.4, 0.5) is 0 Å². The normalized spacial score (nSPS) is 15.8. The Labute approximate surface area is 110 Å². The molecule has 0 aromatic carbocycles. The number of thiophene rings is 1. The number of rotatable bonds is 2. The van der Waals surface area contributed by atoms with Gasteiger partial charge in [-0.2, -0.15) is 0 Å². The molecule has 3 heterocycles. The molecule has 0 unspecified atom stereocenters. The summed E-state index contributed by atoms with van der Waals surface area (Å²) in [6, 6.07) is 4.30. The van der Waals surface area contributed by atoms with Crippen LogP contribution in [0, 0.1) is 13.8 Å². The Morgan fingerprint density at radius 2 is 2.17 bits per heavy atom. The second-order valence-corrected chi connectivity index (χ2v) is 5.94. The van der Waals surface area contributed by atoms with Gasteiger partial charge in [-0.1, -0.05) is 0 Å². The molecule has 1 fully saturated rings. The zero-order valence-corrected chi connectivity index (χ0v) is 11.3. The van der Waals surface area contributed by atoms with Gasteiger partial charge in [0.15, 0.2) is 0 Å². The van der Waals surface area contributed by atoms with Gasteiger partial charge in [-0.25, -0.2) is 4.98 Å². The number of likely N-dealkylation sites (tertiary alicyclic amines) is 1. The van der Waals surface area contributed by atoms with Gasteiger partial charge in [-0.3, -0.25) is 4.79 Å². The first-order valence-corrected chi connectivity index (χ1v) is 6.82. The van der Waals surface area contributed by atoms with Gasteiger partial charge in [0.1, 0.15) is 5.82 Å². The summed E-state index contributed by atoms with van der Waals surface area (Å²) in [5.74, 6) is 1.17. The number of carbonyl (C=O) groups is 1. The minimum absolute atomic E-state index is 0.155. The molecule has 1 aliphatic rings. The molecular formula is C13H15N3OS. The van der Waals surface area contributed by atoms with Crippen LogP contribution in [-0.2, 0) is 0 Å². The average molecular weight is 261 g/mol. The van der Waals surface area contributed by atoms with E-state index < -0.39 is 0 Å². The number of hydrogen-bond donors (Lipinski definition) is 0. The number of aromatic nitrogens is 2. The number of amides is 1. The van der Waals surface area contributed by atoms with E-state index >= 15 is 0 Å². The van der Waals surface area contributed by atoms with E-state index in [-0.39, 0.29) is 5.91 Å². The average Bonchev–Trinajstić information content (AvgIpc) is 2.86. The minimum Gasteiger partial charge on any atom is -0.334 e. The van der Waals surface area contributed by atoms with Gasteiger partial charge in [-0.05, 0) is 26.0 Å². The Bertz CT molecular complexity index is 581. The molecule has 0 N–H and O–H groups in total.